The van der Waals surface area contributed by atoms with E-state index < -0.39 is 6.10 Å². The third kappa shape index (κ3) is 1.97. The number of aliphatic hydroxyl groups excluding tert-OH is 1. The quantitative estimate of drug-likeness (QED) is 0.769. The first-order valence-corrected chi connectivity index (χ1v) is 5.00. The molecule has 1 atom stereocenters. The Morgan fingerprint density at radius 3 is 3.00 bits per heavy atom. The van der Waals surface area contributed by atoms with E-state index in [4.69, 9.17) is 9.47 Å². The molecule has 1 unspecified atom stereocenters. The van der Waals surface area contributed by atoms with E-state index in [-0.39, 0.29) is 0 Å². The average Bonchev–Trinajstić information content (AvgIpc) is 2.28. The highest BCUT2D eigenvalue weighted by molar-refractivity contribution is 5.48. The zero-order valence-electron chi connectivity index (χ0n) is 8.48. The molecule has 0 aliphatic carbocycles. The number of hydrogen-bond acceptors (Lipinski definition) is 3. The lowest BCUT2D eigenvalue weighted by molar-refractivity contribution is 0.147. The van der Waals surface area contributed by atoms with Crippen molar-refractivity contribution in [3.8, 4) is 11.5 Å². The second-order valence-corrected chi connectivity index (χ2v) is 3.41. The van der Waals surface area contributed by atoms with Crippen molar-refractivity contribution in [2.45, 2.75) is 12.5 Å². The summed E-state index contributed by atoms with van der Waals surface area (Å²) in [5.41, 5.74) is 0.770. The predicted molar refractivity (Wildman–Crippen MR) is 57.2 cm³/mol. The molecule has 1 aromatic rings. The van der Waals surface area contributed by atoms with Gasteiger partial charge in [-0.15, -0.1) is 6.58 Å². The van der Waals surface area contributed by atoms with Gasteiger partial charge in [-0.05, 0) is 12.5 Å². The minimum absolute atomic E-state index is 0.514. The minimum atomic E-state index is -0.570. The molecule has 1 aromatic carbocycles. The van der Waals surface area contributed by atoms with Crippen molar-refractivity contribution in [2.24, 2.45) is 0 Å². The molecule has 1 aliphatic heterocycles. The van der Waals surface area contributed by atoms with Crippen LogP contribution in [-0.4, -0.2) is 18.3 Å². The van der Waals surface area contributed by atoms with E-state index in [9.17, 15) is 5.11 Å². The fourth-order valence-corrected chi connectivity index (χ4v) is 1.64. The summed E-state index contributed by atoms with van der Waals surface area (Å²) in [7, 11) is 0. The summed E-state index contributed by atoms with van der Waals surface area (Å²) >= 11 is 0. The lowest BCUT2D eigenvalue weighted by Crippen LogP contribution is -2.17. The Labute approximate surface area is 88.9 Å². The van der Waals surface area contributed by atoms with Gasteiger partial charge in [-0.25, -0.2) is 0 Å². The highest BCUT2D eigenvalue weighted by Crippen LogP contribution is 2.37. The minimum Gasteiger partial charge on any atom is -0.486 e. The molecule has 0 saturated carbocycles. The van der Waals surface area contributed by atoms with Crippen LogP contribution in [0.3, 0.4) is 0 Å². The van der Waals surface area contributed by atoms with Crippen molar-refractivity contribution in [3.63, 3.8) is 0 Å². The summed E-state index contributed by atoms with van der Waals surface area (Å²) in [6.45, 7) is 4.70. The van der Waals surface area contributed by atoms with Crippen LogP contribution in [0.5, 0.6) is 11.5 Å². The van der Waals surface area contributed by atoms with Gasteiger partial charge in [0.1, 0.15) is 13.2 Å². The molecule has 1 aliphatic rings. The molecule has 2 rings (SSSR count). The first-order valence-electron chi connectivity index (χ1n) is 5.00. The highest BCUT2D eigenvalue weighted by atomic mass is 16.6. The van der Waals surface area contributed by atoms with E-state index in [1.165, 1.54) is 0 Å². The number of fused-ring (bicyclic) bond motifs is 1. The first kappa shape index (κ1) is 10.1. The maximum atomic E-state index is 9.87. The van der Waals surface area contributed by atoms with E-state index >= 15 is 0 Å². The normalized spacial score (nSPS) is 15.8. The molecule has 0 amide bonds. The number of benzene rings is 1. The van der Waals surface area contributed by atoms with Crippen LogP contribution in [0.25, 0.3) is 0 Å². The zero-order chi connectivity index (χ0) is 10.7. The van der Waals surface area contributed by atoms with Gasteiger partial charge in [0, 0.05) is 5.56 Å². The summed E-state index contributed by atoms with van der Waals surface area (Å²) in [5, 5.41) is 9.87. The number of aliphatic hydroxyl groups is 1. The Hall–Kier alpha value is -1.48. The van der Waals surface area contributed by atoms with E-state index in [0.29, 0.717) is 31.1 Å². The van der Waals surface area contributed by atoms with Gasteiger partial charge in [-0.3, -0.25) is 0 Å². The van der Waals surface area contributed by atoms with Gasteiger partial charge >= 0.3 is 0 Å². The molecule has 1 heterocycles. The molecule has 1 N–H and O–H groups in total. The standard InChI is InChI=1S/C12H14O3/c1-2-4-10(13)9-5-3-6-11-12(9)15-8-7-14-11/h2-3,5-6,10,13H,1,4,7-8H2. The SMILES string of the molecule is C=CCC(O)c1cccc2c1OCCO2. The molecule has 0 aromatic heterocycles. The van der Waals surface area contributed by atoms with Gasteiger partial charge in [0.2, 0.25) is 0 Å². The molecular formula is C12H14O3. The van der Waals surface area contributed by atoms with Gasteiger partial charge in [-0.2, -0.15) is 0 Å². The van der Waals surface area contributed by atoms with Gasteiger partial charge in [0.15, 0.2) is 11.5 Å². The topological polar surface area (TPSA) is 38.7 Å². The number of ether oxygens (including phenoxy) is 2. The maximum absolute atomic E-state index is 9.87. The monoisotopic (exact) mass is 206 g/mol. The average molecular weight is 206 g/mol. The van der Waals surface area contributed by atoms with Crippen molar-refractivity contribution >= 4 is 0 Å². The number of hydrogen-bond donors (Lipinski definition) is 1. The lowest BCUT2D eigenvalue weighted by Gasteiger charge is -2.22. The van der Waals surface area contributed by atoms with Crippen LogP contribution in [0.4, 0.5) is 0 Å². The largest absolute Gasteiger partial charge is 0.486 e. The molecule has 80 valence electrons. The Bertz CT molecular complexity index is 360. The third-order valence-electron chi connectivity index (χ3n) is 2.35. The fraction of sp³-hybridized carbons (Fsp3) is 0.333. The van der Waals surface area contributed by atoms with Crippen LogP contribution in [0.15, 0.2) is 30.9 Å². The third-order valence-corrected chi connectivity index (χ3v) is 2.35. The first-order chi connectivity index (χ1) is 7.33. The molecular weight excluding hydrogens is 192 g/mol. The molecule has 0 saturated heterocycles. The van der Waals surface area contributed by atoms with E-state index in [1.54, 1.807) is 6.08 Å². The van der Waals surface area contributed by atoms with Crippen molar-refractivity contribution < 1.29 is 14.6 Å². The van der Waals surface area contributed by atoms with Crippen molar-refractivity contribution in [2.75, 3.05) is 13.2 Å². The van der Waals surface area contributed by atoms with Crippen LogP contribution in [0, 0.1) is 0 Å². The van der Waals surface area contributed by atoms with E-state index in [0.717, 1.165) is 5.56 Å². The lowest BCUT2D eigenvalue weighted by atomic mass is 10.0. The molecule has 3 nitrogen and oxygen atoms in total. The molecule has 15 heavy (non-hydrogen) atoms. The van der Waals surface area contributed by atoms with Crippen molar-refractivity contribution in [1.29, 1.82) is 0 Å². The van der Waals surface area contributed by atoms with Gasteiger partial charge < -0.3 is 14.6 Å². The molecule has 0 fully saturated rings. The van der Waals surface area contributed by atoms with Crippen molar-refractivity contribution in [3.05, 3.63) is 36.4 Å². The molecule has 3 heteroatoms. The van der Waals surface area contributed by atoms with Crippen LogP contribution in [0.2, 0.25) is 0 Å². The van der Waals surface area contributed by atoms with E-state index in [1.807, 2.05) is 18.2 Å². The summed E-state index contributed by atoms with van der Waals surface area (Å²) in [6, 6.07) is 5.55. The second kappa shape index (κ2) is 4.36. The highest BCUT2D eigenvalue weighted by Gasteiger charge is 2.19. The zero-order valence-corrected chi connectivity index (χ0v) is 8.48. The van der Waals surface area contributed by atoms with Gasteiger partial charge in [-0.1, -0.05) is 18.2 Å². The van der Waals surface area contributed by atoms with Crippen molar-refractivity contribution in [1.82, 2.24) is 0 Å². The summed E-state index contributed by atoms with van der Waals surface area (Å²) in [4.78, 5) is 0. The van der Waals surface area contributed by atoms with Crippen LogP contribution in [0.1, 0.15) is 18.1 Å². The Morgan fingerprint density at radius 1 is 1.40 bits per heavy atom. The Kier molecular flexibility index (Phi) is 2.92. The van der Waals surface area contributed by atoms with Gasteiger partial charge in [0.05, 0.1) is 6.10 Å². The summed E-state index contributed by atoms with van der Waals surface area (Å²) in [6.07, 6.45) is 1.63. The maximum Gasteiger partial charge on any atom is 0.167 e. The summed E-state index contributed by atoms with van der Waals surface area (Å²) < 4.78 is 10.9. The number of para-hydroxylation sites is 1. The van der Waals surface area contributed by atoms with Crippen LogP contribution >= 0.6 is 0 Å². The number of rotatable bonds is 3. The molecule has 0 bridgehead atoms. The fourth-order valence-electron chi connectivity index (χ4n) is 1.64. The Balaban J connectivity index is 2.34. The van der Waals surface area contributed by atoms with Crippen LogP contribution in [-0.2, 0) is 0 Å². The second-order valence-electron chi connectivity index (χ2n) is 3.41. The summed E-state index contributed by atoms with van der Waals surface area (Å²) in [5.74, 6) is 1.37. The predicted octanol–water partition coefficient (Wildman–Crippen LogP) is 2.07. The van der Waals surface area contributed by atoms with E-state index in [2.05, 4.69) is 6.58 Å². The smallest absolute Gasteiger partial charge is 0.167 e. The molecule has 0 radical (unpaired) electrons. The van der Waals surface area contributed by atoms with Crippen LogP contribution < -0.4 is 9.47 Å². The molecule has 0 spiro atoms. The Morgan fingerprint density at radius 2 is 2.20 bits per heavy atom. The van der Waals surface area contributed by atoms with Gasteiger partial charge in [0.25, 0.3) is 0 Å².